The Morgan fingerprint density at radius 1 is 1.52 bits per heavy atom. The number of nitrogens with one attached hydrogen (secondary N) is 1. The molecule has 0 aliphatic heterocycles. The lowest BCUT2D eigenvalue weighted by Crippen LogP contribution is -2.11. The van der Waals surface area contributed by atoms with Crippen LogP contribution in [0.1, 0.15) is 31.3 Å². The minimum Gasteiger partial charge on any atom is -0.461 e. The zero-order valence-corrected chi connectivity index (χ0v) is 12.8. The van der Waals surface area contributed by atoms with Gasteiger partial charge in [-0.2, -0.15) is 0 Å². The molecule has 0 saturated carbocycles. The van der Waals surface area contributed by atoms with Gasteiger partial charge in [-0.05, 0) is 26.8 Å². The summed E-state index contributed by atoms with van der Waals surface area (Å²) in [5.41, 5.74) is 1.49. The normalized spacial score (nSPS) is 10.7. The minimum atomic E-state index is -0.521. The predicted molar refractivity (Wildman–Crippen MR) is 79.5 cm³/mol. The van der Waals surface area contributed by atoms with Crippen molar-refractivity contribution in [3.8, 4) is 11.5 Å². The monoisotopic (exact) mass is 309 g/mol. The number of nitrogens with zero attached hydrogens (tertiary/aromatic N) is 2. The molecule has 2 rings (SSSR count). The van der Waals surface area contributed by atoms with E-state index in [0.717, 1.165) is 5.69 Å². The molecule has 21 heavy (non-hydrogen) atoms. The second-order valence-corrected chi connectivity index (χ2v) is 5.00. The van der Waals surface area contributed by atoms with Gasteiger partial charge >= 0.3 is 5.97 Å². The van der Waals surface area contributed by atoms with E-state index < -0.39 is 5.97 Å². The fourth-order valence-electron chi connectivity index (χ4n) is 1.73. The van der Waals surface area contributed by atoms with Crippen molar-refractivity contribution in [3.05, 3.63) is 29.4 Å². The molecular weight excluding hydrogens is 294 g/mol. The summed E-state index contributed by atoms with van der Waals surface area (Å²) in [6, 6.07) is 1.88. The van der Waals surface area contributed by atoms with Crippen molar-refractivity contribution in [2.45, 2.75) is 26.8 Å². The molecule has 0 saturated heterocycles. The average molecular weight is 310 g/mol. The van der Waals surface area contributed by atoms with Crippen LogP contribution in [0.4, 0.5) is 5.69 Å². The highest BCUT2D eigenvalue weighted by Gasteiger charge is 2.17. The summed E-state index contributed by atoms with van der Waals surface area (Å²) in [5.74, 6) is -0.238. The largest absolute Gasteiger partial charge is 0.461 e. The Labute approximate surface area is 127 Å². The number of rotatable bonds is 5. The lowest BCUT2D eigenvalue weighted by Gasteiger charge is -2.12. The standard InChI is InChI=1S/C14H16ClN3O3/c1-4-20-14(19)11-7-21-13(18-11)9-6-16-12(15)5-10(9)17-8(2)3/h5-8H,4H2,1-3H3,(H,16,17). The van der Waals surface area contributed by atoms with Crippen molar-refractivity contribution in [3.63, 3.8) is 0 Å². The van der Waals surface area contributed by atoms with Crippen LogP contribution in [0.3, 0.4) is 0 Å². The van der Waals surface area contributed by atoms with Crippen LogP contribution in [-0.2, 0) is 4.74 Å². The number of hydrogen-bond donors (Lipinski definition) is 1. The molecule has 0 unspecified atom stereocenters. The van der Waals surface area contributed by atoms with E-state index >= 15 is 0 Å². The summed E-state index contributed by atoms with van der Waals surface area (Å²) >= 11 is 5.91. The molecule has 0 bridgehead atoms. The SMILES string of the molecule is CCOC(=O)c1coc(-c2cnc(Cl)cc2NC(C)C)n1. The first-order chi connectivity index (χ1) is 10.0. The first-order valence-electron chi connectivity index (χ1n) is 6.56. The number of halogens is 1. The number of hydrogen-bond acceptors (Lipinski definition) is 6. The summed E-state index contributed by atoms with van der Waals surface area (Å²) in [5, 5.41) is 3.60. The molecule has 0 atom stereocenters. The number of esters is 1. The second-order valence-electron chi connectivity index (χ2n) is 4.61. The topological polar surface area (TPSA) is 77.2 Å². The first-order valence-corrected chi connectivity index (χ1v) is 6.94. The van der Waals surface area contributed by atoms with Crippen LogP contribution in [0.5, 0.6) is 0 Å². The Balaban J connectivity index is 2.35. The summed E-state index contributed by atoms with van der Waals surface area (Å²) in [6.45, 7) is 6.01. The number of anilines is 1. The third-order valence-electron chi connectivity index (χ3n) is 2.53. The third-order valence-corrected chi connectivity index (χ3v) is 2.74. The lowest BCUT2D eigenvalue weighted by atomic mass is 10.2. The summed E-state index contributed by atoms with van der Waals surface area (Å²) in [7, 11) is 0. The van der Waals surface area contributed by atoms with Gasteiger partial charge in [0.25, 0.3) is 0 Å². The van der Waals surface area contributed by atoms with Gasteiger partial charge in [-0.25, -0.2) is 14.8 Å². The Hall–Kier alpha value is -2.08. The van der Waals surface area contributed by atoms with E-state index in [1.54, 1.807) is 19.2 Å². The van der Waals surface area contributed by atoms with Crippen LogP contribution >= 0.6 is 11.6 Å². The number of oxazole rings is 1. The molecule has 0 fully saturated rings. The third kappa shape index (κ3) is 3.72. The van der Waals surface area contributed by atoms with E-state index in [-0.39, 0.29) is 24.2 Å². The van der Waals surface area contributed by atoms with Crippen molar-refractivity contribution >= 4 is 23.3 Å². The van der Waals surface area contributed by atoms with E-state index in [4.69, 9.17) is 20.8 Å². The molecule has 0 aliphatic carbocycles. The zero-order chi connectivity index (χ0) is 15.4. The van der Waals surface area contributed by atoms with E-state index in [9.17, 15) is 4.79 Å². The van der Waals surface area contributed by atoms with Crippen molar-refractivity contribution in [2.24, 2.45) is 0 Å². The van der Waals surface area contributed by atoms with Crippen molar-refractivity contribution in [1.29, 1.82) is 0 Å². The number of pyridine rings is 1. The van der Waals surface area contributed by atoms with Gasteiger partial charge in [0.2, 0.25) is 5.89 Å². The maximum absolute atomic E-state index is 11.6. The zero-order valence-electron chi connectivity index (χ0n) is 12.0. The average Bonchev–Trinajstić information content (AvgIpc) is 2.88. The maximum atomic E-state index is 11.6. The van der Waals surface area contributed by atoms with Gasteiger partial charge in [-0.1, -0.05) is 11.6 Å². The lowest BCUT2D eigenvalue weighted by molar-refractivity contribution is 0.0519. The van der Waals surface area contributed by atoms with Crippen LogP contribution in [0.25, 0.3) is 11.5 Å². The van der Waals surface area contributed by atoms with Crippen molar-refractivity contribution in [1.82, 2.24) is 9.97 Å². The summed E-state index contributed by atoms with van der Waals surface area (Å²) in [6.07, 6.45) is 2.81. The molecule has 112 valence electrons. The molecule has 2 aromatic heterocycles. The first kappa shape index (κ1) is 15.3. The minimum absolute atomic E-state index is 0.122. The molecule has 0 amide bonds. The molecule has 7 heteroatoms. The highest BCUT2D eigenvalue weighted by molar-refractivity contribution is 6.29. The molecule has 2 aromatic rings. The Morgan fingerprint density at radius 3 is 2.95 bits per heavy atom. The molecule has 0 aromatic carbocycles. The van der Waals surface area contributed by atoms with Crippen LogP contribution in [0.15, 0.2) is 22.9 Å². The van der Waals surface area contributed by atoms with Gasteiger partial charge in [0, 0.05) is 12.2 Å². The Kier molecular flexibility index (Phi) is 4.80. The van der Waals surface area contributed by atoms with Gasteiger partial charge in [-0.3, -0.25) is 0 Å². The van der Waals surface area contributed by atoms with E-state index in [0.29, 0.717) is 10.7 Å². The fraction of sp³-hybridized carbons (Fsp3) is 0.357. The molecule has 0 spiro atoms. The smallest absolute Gasteiger partial charge is 0.360 e. The number of aromatic nitrogens is 2. The van der Waals surface area contributed by atoms with Crippen molar-refractivity contribution < 1.29 is 13.9 Å². The predicted octanol–water partition coefficient (Wildman–Crippen LogP) is 3.39. The van der Waals surface area contributed by atoms with Gasteiger partial charge in [-0.15, -0.1) is 0 Å². The summed E-state index contributed by atoms with van der Waals surface area (Å²) < 4.78 is 10.2. The van der Waals surface area contributed by atoms with E-state index in [1.165, 1.54) is 6.26 Å². The van der Waals surface area contributed by atoms with Crippen molar-refractivity contribution in [2.75, 3.05) is 11.9 Å². The number of ether oxygens (including phenoxy) is 1. The quantitative estimate of drug-likeness (QED) is 0.674. The molecule has 1 N–H and O–H groups in total. The molecule has 2 heterocycles. The fourth-order valence-corrected chi connectivity index (χ4v) is 1.88. The second kappa shape index (κ2) is 6.58. The molecule has 6 nitrogen and oxygen atoms in total. The highest BCUT2D eigenvalue weighted by Crippen LogP contribution is 2.29. The summed E-state index contributed by atoms with van der Waals surface area (Å²) in [4.78, 5) is 19.8. The maximum Gasteiger partial charge on any atom is 0.360 e. The number of carbonyl (C=O) groups is 1. The van der Waals surface area contributed by atoms with Gasteiger partial charge < -0.3 is 14.5 Å². The number of carbonyl (C=O) groups excluding carboxylic acids is 1. The molecular formula is C14H16ClN3O3. The van der Waals surface area contributed by atoms with Crippen LogP contribution in [0, 0.1) is 0 Å². The Bertz CT molecular complexity index is 640. The molecule has 0 aliphatic rings. The van der Waals surface area contributed by atoms with E-state index in [2.05, 4.69) is 15.3 Å². The van der Waals surface area contributed by atoms with Gasteiger partial charge in [0.15, 0.2) is 5.69 Å². The highest BCUT2D eigenvalue weighted by atomic mass is 35.5. The van der Waals surface area contributed by atoms with Gasteiger partial charge in [0.1, 0.15) is 11.4 Å². The van der Waals surface area contributed by atoms with E-state index in [1.807, 2.05) is 13.8 Å². The molecule has 0 radical (unpaired) electrons. The van der Waals surface area contributed by atoms with Crippen LogP contribution in [-0.4, -0.2) is 28.6 Å². The Morgan fingerprint density at radius 2 is 2.29 bits per heavy atom. The van der Waals surface area contributed by atoms with Crippen LogP contribution in [0.2, 0.25) is 5.15 Å². The van der Waals surface area contributed by atoms with Gasteiger partial charge in [0.05, 0.1) is 17.9 Å². The van der Waals surface area contributed by atoms with Crippen LogP contribution < -0.4 is 5.32 Å².